The van der Waals surface area contributed by atoms with Gasteiger partial charge in [-0.15, -0.1) is 11.8 Å². The maximum absolute atomic E-state index is 12.0. The summed E-state index contributed by atoms with van der Waals surface area (Å²) in [5.74, 6) is 0.291. The fourth-order valence-corrected chi connectivity index (χ4v) is 3.19. The molecule has 2 rings (SSSR count). The molecule has 0 aromatic heterocycles. The van der Waals surface area contributed by atoms with E-state index in [9.17, 15) is 9.59 Å². The third-order valence-corrected chi connectivity index (χ3v) is 4.74. The standard InChI is InChI=1S/C17H16BrNO2S/c1-11-9-14(18)5-8-16(11)22-10-17(21)19-15-6-3-13(4-7-15)12(2)20/h3-9H,10H2,1-2H3,(H,19,21). The molecule has 114 valence electrons. The van der Waals surface area contributed by atoms with Gasteiger partial charge in [0.15, 0.2) is 5.78 Å². The molecular formula is C17H16BrNO2S. The third kappa shape index (κ3) is 4.71. The van der Waals surface area contributed by atoms with E-state index in [2.05, 4.69) is 21.2 Å². The number of nitrogens with one attached hydrogen (secondary N) is 1. The van der Waals surface area contributed by atoms with Gasteiger partial charge in [-0.3, -0.25) is 9.59 Å². The van der Waals surface area contributed by atoms with E-state index in [1.54, 1.807) is 24.3 Å². The first kappa shape index (κ1) is 16.8. The summed E-state index contributed by atoms with van der Waals surface area (Å²) in [6.45, 7) is 3.54. The van der Waals surface area contributed by atoms with Crippen molar-refractivity contribution >= 4 is 45.1 Å². The van der Waals surface area contributed by atoms with Crippen molar-refractivity contribution in [3.05, 3.63) is 58.1 Å². The molecule has 1 N–H and O–H groups in total. The highest BCUT2D eigenvalue weighted by Gasteiger charge is 2.06. The summed E-state index contributed by atoms with van der Waals surface area (Å²) in [5, 5.41) is 2.83. The van der Waals surface area contributed by atoms with Gasteiger partial charge in [0.2, 0.25) is 5.91 Å². The highest BCUT2D eigenvalue weighted by molar-refractivity contribution is 9.10. The zero-order valence-corrected chi connectivity index (χ0v) is 14.8. The molecule has 1 amide bonds. The third-order valence-electron chi connectivity index (χ3n) is 3.07. The topological polar surface area (TPSA) is 46.2 Å². The Morgan fingerprint density at radius 2 is 1.82 bits per heavy atom. The molecular weight excluding hydrogens is 362 g/mol. The van der Waals surface area contributed by atoms with E-state index in [0.29, 0.717) is 17.0 Å². The summed E-state index contributed by atoms with van der Waals surface area (Å²) in [6, 6.07) is 12.9. The van der Waals surface area contributed by atoms with Gasteiger partial charge in [-0.1, -0.05) is 15.9 Å². The number of aryl methyl sites for hydroxylation is 1. The van der Waals surface area contributed by atoms with Gasteiger partial charge in [0.25, 0.3) is 0 Å². The molecule has 0 aliphatic rings. The van der Waals surface area contributed by atoms with E-state index >= 15 is 0 Å². The first-order chi connectivity index (χ1) is 10.5. The summed E-state index contributed by atoms with van der Waals surface area (Å²) < 4.78 is 1.03. The van der Waals surface area contributed by atoms with Gasteiger partial charge >= 0.3 is 0 Å². The zero-order chi connectivity index (χ0) is 16.1. The Hall–Kier alpha value is -1.59. The summed E-state index contributed by atoms with van der Waals surface area (Å²) in [6.07, 6.45) is 0. The molecule has 0 unspecified atom stereocenters. The minimum Gasteiger partial charge on any atom is -0.325 e. The number of carbonyl (C=O) groups is 2. The molecule has 0 radical (unpaired) electrons. The predicted octanol–water partition coefficient (Wildman–Crippen LogP) is 4.69. The number of ketones is 1. The van der Waals surface area contributed by atoms with Crippen molar-refractivity contribution in [2.45, 2.75) is 18.7 Å². The average Bonchev–Trinajstić information content (AvgIpc) is 2.47. The van der Waals surface area contributed by atoms with E-state index in [1.807, 2.05) is 25.1 Å². The Morgan fingerprint density at radius 3 is 2.41 bits per heavy atom. The fourth-order valence-electron chi connectivity index (χ4n) is 1.90. The van der Waals surface area contributed by atoms with Crippen molar-refractivity contribution in [3.8, 4) is 0 Å². The molecule has 0 saturated heterocycles. The Morgan fingerprint density at radius 1 is 1.14 bits per heavy atom. The number of rotatable bonds is 5. The molecule has 0 spiro atoms. The maximum Gasteiger partial charge on any atom is 0.234 e. The number of carbonyl (C=O) groups excluding carboxylic acids is 2. The van der Waals surface area contributed by atoms with Gasteiger partial charge in [0, 0.05) is 20.6 Å². The molecule has 0 atom stereocenters. The molecule has 0 saturated carbocycles. The Bertz CT molecular complexity index is 698. The second-order valence-corrected chi connectivity index (χ2v) is 6.81. The summed E-state index contributed by atoms with van der Waals surface area (Å²) in [5.41, 5.74) is 2.47. The summed E-state index contributed by atoms with van der Waals surface area (Å²) in [4.78, 5) is 24.3. The van der Waals surface area contributed by atoms with E-state index in [1.165, 1.54) is 18.7 Å². The first-order valence-corrected chi connectivity index (χ1v) is 8.53. The van der Waals surface area contributed by atoms with Crippen molar-refractivity contribution in [3.63, 3.8) is 0 Å². The van der Waals surface area contributed by atoms with Gasteiger partial charge in [0.05, 0.1) is 5.75 Å². The second kappa shape index (κ2) is 7.61. The number of hydrogen-bond acceptors (Lipinski definition) is 3. The van der Waals surface area contributed by atoms with Crippen LogP contribution in [-0.4, -0.2) is 17.4 Å². The summed E-state index contributed by atoms with van der Waals surface area (Å²) >= 11 is 4.93. The van der Waals surface area contributed by atoms with Gasteiger partial charge in [-0.25, -0.2) is 0 Å². The normalized spacial score (nSPS) is 10.3. The number of thioether (sulfide) groups is 1. The maximum atomic E-state index is 12.0. The lowest BCUT2D eigenvalue weighted by Crippen LogP contribution is -2.14. The molecule has 22 heavy (non-hydrogen) atoms. The predicted molar refractivity (Wildman–Crippen MR) is 94.7 cm³/mol. The smallest absolute Gasteiger partial charge is 0.234 e. The van der Waals surface area contributed by atoms with Crippen molar-refractivity contribution in [1.82, 2.24) is 0 Å². The van der Waals surface area contributed by atoms with Crippen LogP contribution in [0.4, 0.5) is 5.69 Å². The lowest BCUT2D eigenvalue weighted by molar-refractivity contribution is -0.113. The molecule has 5 heteroatoms. The quantitative estimate of drug-likeness (QED) is 0.607. The van der Waals surface area contributed by atoms with Gasteiger partial charge in [0.1, 0.15) is 0 Å². The van der Waals surface area contributed by atoms with Gasteiger partial charge in [-0.05, 0) is 61.9 Å². The van der Waals surface area contributed by atoms with E-state index in [0.717, 1.165) is 14.9 Å². The van der Waals surface area contributed by atoms with Crippen LogP contribution < -0.4 is 5.32 Å². The number of anilines is 1. The number of Topliss-reactive ketones (excluding diaryl/α,β-unsaturated/α-hetero) is 1. The zero-order valence-electron chi connectivity index (χ0n) is 12.4. The Balaban J connectivity index is 1.91. The van der Waals surface area contributed by atoms with Crippen LogP contribution in [0, 0.1) is 6.92 Å². The average molecular weight is 378 g/mol. The molecule has 2 aromatic carbocycles. The number of hydrogen-bond donors (Lipinski definition) is 1. The monoisotopic (exact) mass is 377 g/mol. The number of benzene rings is 2. The van der Waals surface area contributed by atoms with Crippen LogP contribution in [0.15, 0.2) is 51.8 Å². The number of halogens is 1. The van der Waals surface area contributed by atoms with Gasteiger partial charge in [-0.2, -0.15) is 0 Å². The van der Waals surface area contributed by atoms with Crippen molar-refractivity contribution in [1.29, 1.82) is 0 Å². The van der Waals surface area contributed by atoms with Crippen LogP contribution in [0.1, 0.15) is 22.8 Å². The fraction of sp³-hybridized carbons (Fsp3) is 0.176. The largest absolute Gasteiger partial charge is 0.325 e. The molecule has 3 nitrogen and oxygen atoms in total. The van der Waals surface area contributed by atoms with Crippen LogP contribution in [0.2, 0.25) is 0 Å². The van der Waals surface area contributed by atoms with Crippen LogP contribution in [-0.2, 0) is 4.79 Å². The second-order valence-electron chi connectivity index (χ2n) is 4.88. The number of amides is 1. The van der Waals surface area contributed by atoms with Gasteiger partial charge < -0.3 is 5.32 Å². The molecule has 0 aliphatic carbocycles. The summed E-state index contributed by atoms with van der Waals surface area (Å²) in [7, 11) is 0. The van der Waals surface area contributed by atoms with E-state index < -0.39 is 0 Å². The van der Waals surface area contributed by atoms with E-state index in [-0.39, 0.29) is 11.7 Å². The molecule has 0 heterocycles. The van der Waals surface area contributed by atoms with Crippen LogP contribution >= 0.6 is 27.7 Å². The molecule has 0 fully saturated rings. The van der Waals surface area contributed by atoms with Crippen molar-refractivity contribution in [2.75, 3.05) is 11.1 Å². The lowest BCUT2D eigenvalue weighted by Gasteiger charge is -2.08. The first-order valence-electron chi connectivity index (χ1n) is 6.75. The lowest BCUT2D eigenvalue weighted by atomic mass is 10.1. The SMILES string of the molecule is CC(=O)c1ccc(NC(=O)CSc2ccc(Br)cc2C)cc1. The van der Waals surface area contributed by atoms with Crippen molar-refractivity contribution < 1.29 is 9.59 Å². The highest BCUT2D eigenvalue weighted by Crippen LogP contribution is 2.25. The van der Waals surface area contributed by atoms with Crippen molar-refractivity contribution in [2.24, 2.45) is 0 Å². The van der Waals surface area contributed by atoms with Crippen LogP contribution in [0.5, 0.6) is 0 Å². The van der Waals surface area contributed by atoms with E-state index in [4.69, 9.17) is 0 Å². The van der Waals surface area contributed by atoms with Crippen LogP contribution in [0.25, 0.3) is 0 Å². The highest BCUT2D eigenvalue weighted by atomic mass is 79.9. The Kier molecular flexibility index (Phi) is 5.80. The molecule has 0 aliphatic heterocycles. The minimum absolute atomic E-state index is 0.0131. The molecule has 0 bridgehead atoms. The Labute approximate surface area is 142 Å². The minimum atomic E-state index is -0.0668. The molecule has 2 aromatic rings. The van der Waals surface area contributed by atoms with Crippen LogP contribution in [0.3, 0.4) is 0 Å².